The zero-order chi connectivity index (χ0) is 17.6. The van der Waals surface area contributed by atoms with Crippen LogP contribution in [0, 0.1) is 0 Å². The van der Waals surface area contributed by atoms with E-state index in [0.29, 0.717) is 0 Å². The van der Waals surface area contributed by atoms with Crippen molar-refractivity contribution in [2.45, 2.75) is 25.8 Å². The van der Waals surface area contributed by atoms with Crippen LogP contribution in [0.5, 0.6) is 0 Å². The largest absolute Gasteiger partial charge is 0.505 e. The van der Waals surface area contributed by atoms with Crippen molar-refractivity contribution in [2.75, 3.05) is 13.2 Å². The first-order chi connectivity index (χ1) is 11.4. The fraction of sp³-hybridized carbons (Fsp3) is 0.316. The molecule has 0 atom stereocenters. The molecule has 1 N–H and O–H groups in total. The SMILES string of the molecule is CC(C)(C)[Si](OCCOC(=O)O)(c1ccccc1)c1ccccc1. The molecule has 0 spiro atoms. The van der Waals surface area contributed by atoms with Gasteiger partial charge in [-0.05, 0) is 15.4 Å². The molecule has 2 aromatic carbocycles. The van der Waals surface area contributed by atoms with Gasteiger partial charge >= 0.3 is 6.16 Å². The minimum Gasteiger partial charge on any atom is -0.450 e. The lowest BCUT2D eigenvalue weighted by Gasteiger charge is -2.42. The summed E-state index contributed by atoms with van der Waals surface area (Å²) >= 11 is 0. The Morgan fingerprint density at radius 2 is 1.38 bits per heavy atom. The number of benzene rings is 2. The molecule has 4 nitrogen and oxygen atoms in total. The van der Waals surface area contributed by atoms with Crippen LogP contribution < -0.4 is 10.4 Å². The molecule has 0 aliphatic heterocycles. The van der Waals surface area contributed by atoms with E-state index in [-0.39, 0.29) is 18.3 Å². The number of rotatable bonds is 6. The Bertz CT molecular complexity index is 611. The van der Waals surface area contributed by atoms with Crippen molar-refractivity contribution in [1.29, 1.82) is 0 Å². The second kappa shape index (κ2) is 7.64. The Hall–Kier alpha value is -2.11. The van der Waals surface area contributed by atoms with E-state index in [2.05, 4.69) is 49.8 Å². The van der Waals surface area contributed by atoms with Crippen LogP contribution in [-0.4, -0.2) is 32.8 Å². The van der Waals surface area contributed by atoms with Gasteiger partial charge in [-0.1, -0.05) is 81.4 Å². The molecule has 0 fully saturated rings. The van der Waals surface area contributed by atoms with Gasteiger partial charge < -0.3 is 14.3 Å². The summed E-state index contributed by atoms with van der Waals surface area (Å²) in [6.07, 6.45) is -1.28. The molecule has 0 radical (unpaired) electrons. The minimum atomic E-state index is -2.59. The fourth-order valence-electron chi connectivity index (χ4n) is 3.09. The van der Waals surface area contributed by atoms with Crippen LogP contribution in [0.3, 0.4) is 0 Å². The molecule has 2 aromatic rings. The molecule has 0 saturated carbocycles. The van der Waals surface area contributed by atoms with E-state index in [9.17, 15) is 4.79 Å². The molecule has 0 bridgehead atoms. The summed E-state index contributed by atoms with van der Waals surface area (Å²) in [7, 11) is -2.59. The summed E-state index contributed by atoms with van der Waals surface area (Å²) in [5, 5.41) is 10.9. The second-order valence-electron chi connectivity index (χ2n) is 6.63. The maximum Gasteiger partial charge on any atom is 0.505 e. The van der Waals surface area contributed by atoms with Gasteiger partial charge in [0.05, 0.1) is 6.61 Å². The summed E-state index contributed by atoms with van der Waals surface area (Å²) in [5.74, 6) is 0. The van der Waals surface area contributed by atoms with Gasteiger partial charge in [-0.3, -0.25) is 0 Å². The Labute approximate surface area is 144 Å². The average molecular weight is 344 g/mol. The van der Waals surface area contributed by atoms with Gasteiger partial charge in [0.2, 0.25) is 0 Å². The first kappa shape index (κ1) is 18.2. The molecule has 0 unspecified atom stereocenters. The van der Waals surface area contributed by atoms with Crippen molar-refractivity contribution in [1.82, 2.24) is 0 Å². The summed E-state index contributed by atoms with van der Waals surface area (Å²) < 4.78 is 11.1. The number of ether oxygens (including phenoxy) is 1. The molecular weight excluding hydrogens is 320 g/mol. The predicted octanol–water partition coefficient (Wildman–Crippen LogP) is 3.26. The molecule has 128 valence electrons. The van der Waals surface area contributed by atoms with Crippen molar-refractivity contribution in [3.8, 4) is 0 Å². The number of hydrogen-bond acceptors (Lipinski definition) is 3. The smallest absolute Gasteiger partial charge is 0.450 e. The lowest BCUT2D eigenvalue weighted by atomic mass is 10.2. The lowest BCUT2D eigenvalue weighted by Crippen LogP contribution is -2.66. The van der Waals surface area contributed by atoms with E-state index in [1.165, 1.54) is 10.4 Å². The standard InChI is InChI=1S/C19H24O4Si/c1-19(2,3)24(16-10-6-4-7-11-16,17-12-8-5-9-13-17)23-15-14-22-18(20)21/h4-13H,14-15H2,1-3H3,(H,20,21). The summed E-state index contributed by atoms with van der Waals surface area (Å²) in [4.78, 5) is 10.6. The maximum absolute atomic E-state index is 10.6. The number of carboxylic acid groups (broad SMARTS) is 1. The van der Waals surface area contributed by atoms with Crippen LogP contribution >= 0.6 is 0 Å². The van der Waals surface area contributed by atoms with E-state index < -0.39 is 14.5 Å². The van der Waals surface area contributed by atoms with Crippen LogP contribution in [0.1, 0.15) is 20.8 Å². The van der Waals surface area contributed by atoms with E-state index in [0.717, 1.165) is 0 Å². The highest BCUT2D eigenvalue weighted by molar-refractivity contribution is 6.99. The Balaban J connectivity index is 2.47. The Morgan fingerprint density at radius 1 is 0.917 bits per heavy atom. The Morgan fingerprint density at radius 3 is 1.75 bits per heavy atom. The van der Waals surface area contributed by atoms with Crippen LogP contribution in [0.15, 0.2) is 60.7 Å². The quantitative estimate of drug-likeness (QED) is 0.496. The molecule has 24 heavy (non-hydrogen) atoms. The number of carbonyl (C=O) groups is 1. The van der Waals surface area contributed by atoms with E-state index in [1.807, 2.05) is 36.4 Å². The van der Waals surface area contributed by atoms with Gasteiger partial charge in [0.1, 0.15) is 6.61 Å². The van der Waals surface area contributed by atoms with E-state index in [1.54, 1.807) is 0 Å². The molecular formula is C19H24O4Si. The molecule has 0 saturated heterocycles. The van der Waals surface area contributed by atoms with Crippen molar-refractivity contribution in [3.63, 3.8) is 0 Å². The molecule has 5 heteroatoms. The van der Waals surface area contributed by atoms with Gasteiger partial charge in [-0.2, -0.15) is 0 Å². The monoisotopic (exact) mass is 344 g/mol. The van der Waals surface area contributed by atoms with Crippen molar-refractivity contribution < 1.29 is 19.1 Å². The summed E-state index contributed by atoms with van der Waals surface area (Å²) in [5.41, 5.74) is 0. The van der Waals surface area contributed by atoms with Gasteiger partial charge in [0.15, 0.2) is 0 Å². The predicted molar refractivity (Wildman–Crippen MR) is 97.5 cm³/mol. The summed E-state index contributed by atoms with van der Waals surface area (Å²) in [6.45, 7) is 6.80. The first-order valence-corrected chi connectivity index (χ1v) is 9.89. The Kier molecular flexibility index (Phi) is 5.80. The topological polar surface area (TPSA) is 55.8 Å². The van der Waals surface area contributed by atoms with Gasteiger partial charge in [-0.25, -0.2) is 4.79 Å². The molecule has 0 aromatic heterocycles. The summed E-state index contributed by atoms with van der Waals surface area (Å²) in [6, 6.07) is 20.4. The molecule has 2 rings (SSSR count). The van der Waals surface area contributed by atoms with Gasteiger partial charge in [-0.15, -0.1) is 0 Å². The highest BCUT2D eigenvalue weighted by atomic mass is 28.4. The van der Waals surface area contributed by atoms with E-state index >= 15 is 0 Å². The van der Waals surface area contributed by atoms with Gasteiger partial charge in [0.25, 0.3) is 8.32 Å². The fourth-order valence-corrected chi connectivity index (χ4v) is 7.63. The molecule has 0 aliphatic rings. The van der Waals surface area contributed by atoms with Gasteiger partial charge in [0, 0.05) is 0 Å². The third-order valence-corrected chi connectivity index (χ3v) is 9.09. The zero-order valence-electron chi connectivity index (χ0n) is 14.4. The van der Waals surface area contributed by atoms with Crippen molar-refractivity contribution in [2.24, 2.45) is 0 Å². The highest BCUT2D eigenvalue weighted by Crippen LogP contribution is 2.36. The third-order valence-electron chi connectivity index (χ3n) is 4.04. The van der Waals surface area contributed by atoms with Crippen molar-refractivity contribution >= 4 is 24.8 Å². The molecule has 0 aliphatic carbocycles. The second-order valence-corrected chi connectivity index (χ2v) is 10.9. The maximum atomic E-state index is 10.6. The molecule has 0 heterocycles. The van der Waals surface area contributed by atoms with Crippen LogP contribution in [0.4, 0.5) is 4.79 Å². The van der Waals surface area contributed by atoms with E-state index in [4.69, 9.17) is 9.53 Å². The first-order valence-electron chi connectivity index (χ1n) is 7.98. The van der Waals surface area contributed by atoms with Crippen LogP contribution in [0.2, 0.25) is 5.04 Å². The lowest BCUT2D eigenvalue weighted by molar-refractivity contribution is 0.0766. The number of hydrogen-bond donors (Lipinski definition) is 1. The minimum absolute atomic E-state index is 0.0276. The zero-order valence-corrected chi connectivity index (χ0v) is 15.4. The highest BCUT2D eigenvalue weighted by Gasteiger charge is 2.50. The van der Waals surface area contributed by atoms with Crippen LogP contribution in [0.25, 0.3) is 0 Å². The normalized spacial score (nSPS) is 12.0. The van der Waals surface area contributed by atoms with Crippen LogP contribution in [-0.2, 0) is 9.16 Å². The average Bonchev–Trinajstić information content (AvgIpc) is 2.55. The van der Waals surface area contributed by atoms with Crippen molar-refractivity contribution in [3.05, 3.63) is 60.7 Å². The third kappa shape index (κ3) is 3.86. The molecule has 0 amide bonds.